The van der Waals surface area contributed by atoms with Crippen molar-refractivity contribution in [3.63, 3.8) is 0 Å². The number of halogens is 1. The van der Waals surface area contributed by atoms with Crippen LogP contribution in [0.4, 0.5) is 11.4 Å². The van der Waals surface area contributed by atoms with E-state index >= 15 is 0 Å². The van der Waals surface area contributed by atoms with E-state index in [0.717, 1.165) is 4.68 Å². The molecule has 3 aromatic rings. The summed E-state index contributed by atoms with van der Waals surface area (Å²) in [6, 6.07) is 13.2. The van der Waals surface area contributed by atoms with Crippen LogP contribution in [-0.2, 0) is 16.1 Å². The van der Waals surface area contributed by atoms with Crippen LogP contribution in [0.1, 0.15) is 6.92 Å². The monoisotopic (exact) mass is 440 g/mol. The Kier molecular flexibility index (Phi) is 5.59. The van der Waals surface area contributed by atoms with Gasteiger partial charge in [0.1, 0.15) is 12.2 Å². The number of rotatable bonds is 5. The highest BCUT2D eigenvalue weighted by atomic mass is 35.5. The maximum Gasteiger partial charge on any atom is 0.291 e. The molecule has 0 saturated carbocycles. The molecule has 2 aromatic carbocycles. The molecule has 0 bridgehead atoms. The Morgan fingerprint density at radius 1 is 1.06 bits per heavy atom. The van der Waals surface area contributed by atoms with Crippen LogP contribution < -0.4 is 25.7 Å². The van der Waals surface area contributed by atoms with Crippen molar-refractivity contribution in [2.45, 2.75) is 13.5 Å². The number of hydrogen-bond donors (Lipinski definition) is 2. The molecule has 31 heavy (non-hydrogen) atoms. The zero-order valence-electron chi connectivity index (χ0n) is 16.3. The molecule has 158 valence electrons. The lowest BCUT2D eigenvalue weighted by atomic mass is 10.1. The topological polar surface area (TPSA) is 112 Å². The van der Waals surface area contributed by atoms with Crippen LogP contribution in [0.2, 0.25) is 5.02 Å². The van der Waals surface area contributed by atoms with E-state index in [-0.39, 0.29) is 19.0 Å². The highest BCUT2D eigenvalue weighted by Gasteiger charge is 2.16. The molecular weight excluding hydrogens is 424 g/mol. The summed E-state index contributed by atoms with van der Waals surface area (Å²) in [5, 5.41) is 10.0. The second-order valence-corrected chi connectivity index (χ2v) is 7.15. The number of ether oxygens (including phenoxy) is 2. The van der Waals surface area contributed by atoms with Crippen molar-refractivity contribution in [2.75, 3.05) is 17.4 Å². The first-order valence-electron chi connectivity index (χ1n) is 9.24. The van der Waals surface area contributed by atoms with Gasteiger partial charge in [-0.25, -0.2) is 4.68 Å². The van der Waals surface area contributed by atoms with Gasteiger partial charge in [-0.15, -0.1) is 0 Å². The molecule has 2 amide bonds. The van der Waals surface area contributed by atoms with Crippen molar-refractivity contribution >= 4 is 34.8 Å². The second kappa shape index (κ2) is 8.49. The van der Waals surface area contributed by atoms with E-state index in [1.807, 2.05) is 0 Å². The summed E-state index contributed by atoms with van der Waals surface area (Å²) in [4.78, 5) is 36.8. The van der Waals surface area contributed by atoms with Crippen molar-refractivity contribution in [3.8, 4) is 22.8 Å². The molecule has 0 unspecified atom stereocenters. The predicted octanol–water partition coefficient (Wildman–Crippen LogP) is 2.89. The van der Waals surface area contributed by atoms with Gasteiger partial charge in [-0.3, -0.25) is 14.4 Å². The molecule has 0 aliphatic carbocycles. The van der Waals surface area contributed by atoms with Crippen LogP contribution >= 0.6 is 11.6 Å². The van der Waals surface area contributed by atoms with E-state index in [0.29, 0.717) is 33.5 Å². The number of benzene rings is 2. The van der Waals surface area contributed by atoms with Crippen molar-refractivity contribution in [2.24, 2.45) is 0 Å². The van der Waals surface area contributed by atoms with Crippen LogP contribution in [-0.4, -0.2) is 28.4 Å². The Morgan fingerprint density at radius 3 is 2.55 bits per heavy atom. The third kappa shape index (κ3) is 4.67. The minimum atomic E-state index is -0.603. The van der Waals surface area contributed by atoms with Gasteiger partial charge < -0.3 is 20.1 Å². The normalized spacial score (nSPS) is 11.8. The number of nitrogens with zero attached hydrogens (tertiary/aromatic N) is 2. The van der Waals surface area contributed by atoms with Crippen molar-refractivity contribution in [3.05, 3.63) is 63.9 Å². The van der Waals surface area contributed by atoms with Gasteiger partial charge >= 0.3 is 0 Å². The molecule has 4 rings (SSSR count). The van der Waals surface area contributed by atoms with E-state index in [2.05, 4.69) is 15.7 Å². The summed E-state index contributed by atoms with van der Waals surface area (Å²) in [6.07, 6.45) is 0. The summed E-state index contributed by atoms with van der Waals surface area (Å²) >= 11 is 5.93. The number of aromatic nitrogens is 2. The van der Waals surface area contributed by atoms with Gasteiger partial charge in [-0.2, -0.15) is 5.10 Å². The number of amides is 2. The van der Waals surface area contributed by atoms with Crippen LogP contribution in [0.5, 0.6) is 11.5 Å². The summed E-state index contributed by atoms with van der Waals surface area (Å²) in [5.41, 5.74) is 0.965. The zero-order chi connectivity index (χ0) is 22.0. The number of carbonyl (C=O) groups excluding carboxylic acids is 2. The largest absolute Gasteiger partial charge is 0.454 e. The van der Waals surface area contributed by atoms with Crippen LogP contribution in [0.15, 0.2) is 53.3 Å². The molecular formula is C21H17ClN4O5. The molecule has 0 spiro atoms. The number of fused-ring (bicyclic) bond motifs is 1. The SMILES string of the molecule is CC(=O)Nc1cc(-c2ccc(Cl)cc2)nn(CC(=O)Nc2ccc3c(c2)OCO3)c1=O. The predicted molar refractivity (Wildman–Crippen MR) is 114 cm³/mol. The average Bonchev–Trinajstić information content (AvgIpc) is 3.19. The maximum atomic E-state index is 12.7. The van der Waals surface area contributed by atoms with Crippen LogP contribution in [0, 0.1) is 0 Å². The number of nitrogens with one attached hydrogen (secondary N) is 2. The molecule has 1 aliphatic rings. The van der Waals surface area contributed by atoms with Gasteiger partial charge in [0.05, 0.1) is 5.69 Å². The second-order valence-electron chi connectivity index (χ2n) is 6.71. The fourth-order valence-corrected chi connectivity index (χ4v) is 3.13. The van der Waals surface area contributed by atoms with E-state index in [1.54, 1.807) is 42.5 Å². The Balaban J connectivity index is 1.62. The van der Waals surface area contributed by atoms with Crippen molar-refractivity contribution in [1.82, 2.24) is 9.78 Å². The highest BCUT2D eigenvalue weighted by molar-refractivity contribution is 6.30. The molecule has 10 heteroatoms. The average molecular weight is 441 g/mol. The van der Waals surface area contributed by atoms with E-state index in [4.69, 9.17) is 21.1 Å². The minimum Gasteiger partial charge on any atom is -0.454 e. The standard InChI is InChI=1S/C21H17ClN4O5/c1-12(27)23-17-9-16(13-2-4-14(22)5-3-13)25-26(21(17)29)10-20(28)24-15-6-7-18-19(8-15)31-11-30-18/h2-9H,10-11H2,1H3,(H,23,27)(H,24,28). The van der Waals surface area contributed by atoms with Gasteiger partial charge in [0.2, 0.25) is 18.6 Å². The molecule has 0 saturated heterocycles. The van der Waals surface area contributed by atoms with Gasteiger partial charge in [0, 0.05) is 29.3 Å². The lowest BCUT2D eigenvalue weighted by Crippen LogP contribution is -2.32. The third-order valence-corrected chi connectivity index (χ3v) is 4.63. The summed E-state index contributed by atoms with van der Waals surface area (Å²) in [7, 11) is 0. The fourth-order valence-electron chi connectivity index (χ4n) is 3.00. The summed E-state index contributed by atoms with van der Waals surface area (Å²) in [6.45, 7) is 1.05. The van der Waals surface area contributed by atoms with Crippen LogP contribution in [0.25, 0.3) is 11.3 Å². The summed E-state index contributed by atoms with van der Waals surface area (Å²) < 4.78 is 11.5. The van der Waals surface area contributed by atoms with E-state index < -0.39 is 17.4 Å². The Morgan fingerprint density at radius 2 is 1.81 bits per heavy atom. The first-order valence-corrected chi connectivity index (χ1v) is 9.62. The first kappa shape index (κ1) is 20.4. The summed E-state index contributed by atoms with van der Waals surface area (Å²) in [5.74, 6) is 0.217. The Bertz CT molecular complexity index is 1220. The molecule has 9 nitrogen and oxygen atoms in total. The van der Waals surface area contributed by atoms with Crippen LogP contribution in [0.3, 0.4) is 0 Å². The van der Waals surface area contributed by atoms with Gasteiger partial charge in [-0.05, 0) is 30.3 Å². The molecule has 0 atom stereocenters. The van der Waals surface area contributed by atoms with Crippen molar-refractivity contribution < 1.29 is 19.1 Å². The van der Waals surface area contributed by atoms with Crippen molar-refractivity contribution in [1.29, 1.82) is 0 Å². The highest BCUT2D eigenvalue weighted by Crippen LogP contribution is 2.34. The molecule has 2 N–H and O–H groups in total. The smallest absolute Gasteiger partial charge is 0.291 e. The number of carbonyl (C=O) groups is 2. The lowest BCUT2D eigenvalue weighted by molar-refractivity contribution is -0.117. The quantitative estimate of drug-likeness (QED) is 0.631. The molecule has 1 aromatic heterocycles. The third-order valence-electron chi connectivity index (χ3n) is 4.37. The van der Waals surface area contributed by atoms with Gasteiger partial charge in [0.25, 0.3) is 5.56 Å². The zero-order valence-corrected chi connectivity index (χ0v) is 17.1. The Hall–Kier alpha value is -3.85. The van der Waals surface area contributed by atoms with Gasteiger partial charge in [-0.1, -0.05) is 23.7 Å². The maximum absolute atomic E-state index is 12.7. The Labute approximate surface area is 181 Å². The fraction of sp³-hybridized carbons (Fsp3) is 0.143. The van der Waals surface area contributed by atoms with E-state index in [1.165, 1.54) is 13.0 Å². The molecule has 0 radical (unpaired) electrons. The lowest BCUT2D eigenvalue weighted by Gasteiger charge is -2.12. The molecule has 0 fully saturated rings. The van der Waals surface area contributed by atoms with Gasteiger partial charge in [0.15, 0.2) is 11.5 Å². The number of anilines is 2. The minimum absolute atomic E-state index is 0.0170. The van der Waals surface area contributed by atoms with E-state index in [9.17, 15) is 14.4 Å². The molecule has 1 aliphatic heterocycles. The molecule has 2 heterocycles. The first-order chi connectivity index (χ1) is 14.9. The number of hydrogen-bond acceptors (Lipinski definition) is 6.